The maximum Gasteiger partial charge on any atom is 0.157 e. The van der Waals surface area contributed by atoms with Gasteiger partial charge in [0.2, 0.25) is 0 Å². The first-order valence-corrected chi connectivity index (χ1v) is 10.4. The molecule has 1 aliphatic heterocycles. The Kier molecular flexibility index (Phi) is 4.64. The third-order valence-electron chi connectivity index (χ3n) is 7.78. The summed E-state index contributed by atoms with van der Waals surface area (Å²) in [6, 6.07) is 4.68. The molecule has 4 aliphatic carbocycles. The predicted octanol–water partition coefficient (Wildman–Crippen LogP) is 0.714. The summed E-state index contributed by atoms with van der Waals surface area (Å²) in [5, 5.41) is 0. The number of quaternary nitrogens is 1. The second-order valence-electron chi connectivity index (χ2n) is 9.82. The molecular formula is C23H33ClN2. The Morgan fingerprint density at radius 1 is 0.962 bits per heavy atom. The molecule has 1 N–H and O–H groups in total. The van der Waals surface area contributed by atoms with Crippen molar-refractivity contribution in [2.24, 2.45) is 17.8 Å². The van der Waals surface area contributed by atoms with Crippen molar-refractivity contribution in [1.82, 2.24) is 4.90 Å². The van der Waals surface area contributed by atoms with Crippen molar-refractivity contribution in [2.45, 2.75) is 71.4 Å². The molecule has 142 valence electrons. The van der Waals surface area contributed by atoms with E-state index in [9.17, 15) is 0 Å². The Balaban J connectivity index is 0.00000168. The molecule has 6 rings (SSSR count). The van der Waals surface area contributed by atoms with Gasteiger partial charge in [-0.3, -0.25) is 4.90 Å². The van der Waals surface area contributed by atoms with Crippen molar-refractivity contribution in [3.05, 3.63) is 46.8 Å². The van der Waals surface area contributed by atoms with Gasteiger partial charge in [-0.15, -0.1) is 0 Å². The molecule has 4 bridgehead atoms. The van der Waals surface area contributed by atoms with Gasteiger partial charge < -0.3 is 17.3 Å². The van der Waals surface area contributed by atoms with Crippen LogP contribution in [-0.2, 0) is 6.54 Å². The van der Waals surface area contributed by atoms with Gasteiger partial charge >= 0.3 is 0 Å². The minimum atomic E-state index is 0. The third kappa shape index (κ3) is 2.99. The Labute approximate surface area is 165 Å². The van der Waals surface area contributed by atoms with E-state index >= 15 is 0 Å². The molecule has 3 heteroatoms. The summed E-state index contributed by atoms with van der Waals surface area (Å²) in [6.07, 6.45) is 14.0. The van der Waals surface area contributed by atoms with Crippen LogP contribution in [0.25, 0.3) is 0 Å². The Morgan fingerprint density at radius 3 is 2.04 bits per heavy atom. The molecule has 1 unspecified atom stereocenters. The van der Waals surface area contributed by atoms with Crippen LogP contribution in [0.15, 0.2) is 24.5 Å². The largest absolute Gasteiger partial charge is 1.00 e. The standard InChI is InChI=1S/C23H32N2.ClH/c1-16-6-17(2)22(18(3)7-16)14-24-4-5-25(15-24)23-11-19-8-20(12-23)10-21(9-19)13-23;/h4-7,19-21H,8-15H2,1-3H3;1H. The fourth-order valence-corrected chi connectivity index (χ4v) is 7.14. The van der Waals surface area contributed by atoms with Crippen molar-refractivity contribution in [3.8, 4) is 0 Å². The van der Waals surface area contributed by atoms with Crippen molar-refractivity contribution >= 4 is 0 Å². The summed E-state index contributed by atoms with van der Waals surface area (Å²) in [5.41, 5.74) is 6.40. The molecule has 4 saturated carbocycles. The van der Waals surface area contributed by atoms with Crippen LogP contribution in [0.2, 0.25) is 0 Å². The van der Waals surface area contributed by atoms with E-state index in [1.165, 1.54) is 48.2 Å². The average molecular weight is 373 g/mol. The summed E-state index contributed by atoms with van der Waals surface area (Å²) in [4.78, 5) is 4.34. The lowest BCUT2D eigenvalue weighted by atomic mass is 9.52. The SMILES string of the molecule is Cc1cc(C)c(CN2C=C[NH+](C34CC5CC(CC(C5)C3)C4)C2)c(C)c1.[Cl-]. The van der Waals surface area contributed by atoms with Crippen molar-refractivity contribution in [2.75, 3.05) is 6.67 Å². The molecule has 5 aliphatic rings. The van der Waals surface area contributed by atoms with Crippen molar-refractivity contribution in [1.29, 1.82) is 0 Å². The topological polar surface area (TPSA) is 7.68 Å². The molecular weight excluding hydrogens is 340 g/mol. The molecule has 0 spiro atoms. The maximum atomic E-state index is 2.57. The number of nitrogens with zero attached hydrogens (tertiary/aromatic N) is 1. The van der Waals surface area contributed by atoms with Crippen LogP contribution in [-0.4, -0.2) is 17.1 Å². The maximum absolute atomic E-state index is 2.57. The normalized spacial score (nSPS) is 37.3. The van der Waals surface area contributed by atoms with Crippen LogP contribution >= 0.6 is 0 Å². The second kappa shape index (κ2) is 6.56. The van der Waals surface area contributed by atoms with Gasteiger partial charge in [0.15, 0.2) is 6.67 Å². The molecule has 1 atom stereocenters. The molecule has 0 amide bonds. The van der Waals surface area contributed by atoms with Gasteiger partial charge in [-0.05, 0) is 74.5 Å². The minimum absolute atomic E-state index is 0. The van der Waals surface area contributed by atoms with Gasteiger partial charge in [0.05, 0.1) is 6.20 Å². The summed E-state index contributed by atoms with van der Waals surface area (Å²) >= 11 is 0. The first kappa shape index (κ1) is 18.4. The molecule has 1 aromatic carbocycles. The van der Waals surface area contributed by atoms with Gasteiger partial charge in [-0.25, -0.2) is 0 Å². The summed E-state index contributed by atoms with van der Waals surface area (Å²) < 4.78 is 0. The van der Waals surface area contributed by atoms with Crippen LogP contribution in [0.4, 0.5) is 0 Å². The molecule has 4 fully saturated rings. The van der Waals surface area contributed by atoms with Gasteiger partial charge in [0.1, 0.15) is 11.7 Å². The van der Waals surface area contributed by atoms with Gasteiger partial charge in [0, 0.05) is 25.8 Å². The van der Waals surface area contributed by atoms with Gasteiger partial charge in [0.25, 0.3) is 0 Å². The zero-order chi connectivity index (χ0) is 17.2. The lowest BCUT2D eigenvalue weighted by Crippen LogP contribution is -3.17. The Bertz CT molecular complexity index is 665. The zero-order valence-corrected chi connectivity index (χ0v) is 17.3. The van der Waals surface area contributed by atoms with E-state index in [1.54, 1.807) is 24.2 Å². The van der Waals surface area contributed by atoms with Gasteiger partial charge in [-0.2, -0.15) is 0 Å². The quantitative estimate of drug-likeness (QED) is 0.821. The van der Waals surface area contributed by atoms with E-state index in [2.05, 4.69) is 50.2 Å². The number of rotatable bonds is 3. The highest BCUT2D eigenvalue weighted by Gasteiger charge is 2.56. The second-order valence-corrected chi connectivity index (χ2v) is 9.82. The first-order chi connectivity index (χ1) is 12.0. The van der Waals surface area contributed by atoms with Crippen LogP contribution in [0.5, 0.6) is 0 Å². The number of aryl methyl sites for hydroxylation is 3. The average Bonchev–Trinajstić information content (AvgIpc) is 2.99. The highest BCUT2D eigenvalue weighted by atomic mass is 35.5. The van der Waals surface area contributed by atoms with E-state index in [-0.39, 0.29) is 12.4 Å². The molecule has 1 aromatic rings. The third-order valence-corrected chi connectivity index (χ3v) is 7.78. The summed E-state index contributed by atoms with van der Waals surface area (Å²) in [5.74, 6) is 3.13. The summed E-state index contributed by atoms with van der Waals surface area (Å²) in [6.45, 7) is 9.01. The Morgan fingerprint density at radius 2 is 1.50 bits per heavy atom. The summed E-state index contributed by atoms with van der Waals surface area (Å²) in [7, 11) is 0. The van der Waals surface area contributed by atoms with Gasteiger partial charge in [-0.1, -0.05) is 17.7 Å². The number of halogens is 1. The van der Waals surface area contributed by atoms with Crippen LogP contribution in [0.1, 0.15) is 60.8 Å². The smallest absolute Gasteiger partial charge is 0.157 e. The van der Waals surface area contributed by atoms with Crippen LogP contribution < -0.4 is 17.3 Å². The monoisotopic (exact) mass is 372 g/mol. The fraction of sp³-hybridized carbons (Fsp3) is 0.652. The Hall–Kier alpha value is -0.990. The van der Waals surface area contributed by atoms with Crippen molar-refractivity contribution < 1.29 is 17.3 Å². The molecule has 26 heavy (non-hydrogen) atoms. The molecule has 0 radical (unpaired) electrons. The molecule has 0 aromatic heterocycles. The van der Waals surface area contributed by atoms with E-state index in [1.807, 2.05) is 0 Å². The van der Waals surface area contributed by atoms with E-state index in [4.69, 9.17) is 0 Å². The number of hydrogen-bond donors (Lipinski definition) is 1. The molecule has 2 nitrogen and oxygen atoms in total. The fourth-order valence-electron chi connectivity index (χ4n) is 7.14. The van der Waals surface area contributed by atoms with E-state index in [0.29, 0.717) is 5.54 Å². The number of hydrogen-bond acceptors (Lipinski definition) is 1. The number of benzene rings is 1. The highest BCUT2D eigenvalue weighted by molar-refractivity contribution is 5.37. The minimum Gasteiger partial charge on any atom is -1.00 e. The first-order valence-electron chi connectivity index (χ1n) is 10.4. The lowest BCUT2D eigenvalue weighted by Gasteiger charge is -2.57. The van der Waals surface area contributed by atoms with Crippen molar-refractivity contribution in [3.63, 3.8) is 0 Å². The highest BCUT2D eigenvalue weighted by Crippen LogP contribution is 2.54. The zero-order valence-electron chi connectivity index (χ0n) is 16.5. The molecule has 0 saturated heterocycles. The van der Waals surface area contributed by atoms with E-state index in [0.717, 1.165) is 24.3 Å². The molecule has 1 heterocycles. The number of nitrogens with one attached hydrogen (secondary N) is 1. The predicted molar refractivity (Wildman–Crippen MR) is 102 cm³/mol. The van der Waals surface area contributed by atoms with Crippen LogP contribution in [0, 0.1) is 38.5 Å². The lowest BCUT2D eigenvalue weighted by molar-refractivity contribution is -0.913. The van der Waals surface area contributed by atoms with E-state index < -0.39 is 0 Å². The van der Waals surface area contributed by atoms with Crippen LogP contribution in [0.3, 0.4) is 0 Å².